The van der Waals surface area contributed by atoms with E-state index in [0.717, 1.165) is 5.75 Å². The summed E-state index contributed by atoms with van der Waals surface area (Å²) in [5, 5.41) is 14.0. The number of thiophene rings is 1. The SMILES string of the molecule is CCn1c(SCC(=O)Nc2scc(-c3ccc(F)cc3)c2C(=O)OC)nnc1C(C)Oc1ccc(OC)cc1. The van der Waals surface area contributed by atoms with Crippen LogP contribution in [0.4, 0.5) is 9.39 Å². The third-order valence-electron chi connectivity index (χ3n) is 5.72. The number of anilines is 1. The molecule has 1 amide bonds. The van der Waals surface area contributed by atoms with Crippen LogP contribution in [-0.4, -0.2) is 46.6 Å². The predicted molar refractivity (Wildman–Crippen MR) is 148 cm³/mol. The van der Waals surface area contributed by atoms with Crippen LogP contribution >= 0.6 is 23.1 Å². The maximum Gasteiger partial charge on any atom is 0.341 e. The standard InChI is InChI=1S/C27H27FN4O5S2/c1-5-32-24(16(2)37-20-12-10-19(35-3)11-13-20)30-31-27(32)39-15-22(33)29-25-23(26(34)36-4)21(14-38-25)17-6-8-18(28)9-7-17/h6-14,16H,5,15H2,1-4H3,(H,29,33). The molecule has 12 heteroatoms. The van der Waals surface area contributed by atoms with Crippen molar-refractivity contribution >= 4 is 40.0 Å². The van der Waals surface area contributed by atoms with Gasteiger partial charge in [0.1, 0.15) is 27.9 Å². The van der Waals surface area contributed by atoms with Crippen LogP contribution in [0.2, 0.25) is 0 Å². The minimum atomic E-state index is -0.597. The lowest BCUT2D eigenvalue weighted by molar-refractivity contribution is -0.113. The number of nitrogens with zero attached hydrogens (tertiary/aromatic N) is 3. The molecule has 9 nitrogen and oxygen atoms in total. The fourth-order valence-corrected chi connectivity index (χ4v) is 5.59. The first-order valence-corrected chi connectivity index (χ1v) is 13.8. The monoisotopic (exact) mass is 570 g/mol. The van der Waals surface area contributed by atoms with Gasteiger partial charge in [0.25, 0.3) is 0 Å². The van der Waals surface area contributed by atoms with E-state index in [2.05, 4.69) is 15.5 Å². The highest BCUT2D eigenvalue weighted by Gasteiger charge is 2.23. The van der Waals surface area contributed by atoms with Crippen molar-refractivity contribution in [2.75, 3.05) is 25.3 Å². The normalized spacial score (nSPS) is 11.6. The third kappa shape index (κ3) is 6.58. The zero-order valence-electron chi connectivity index (χ0n) is 21.8. The van der Waals surface area contributed by atoms with E-state index in [0.29, 0.717) is 39.4 Å². The smallest absolute Gasteiger partial charge is 0.341 e. The molecule has 2 aromatic heterocycles. The van der Waals surface area contributed by atoms with E-state index in [4.69, 9.17) is 14.2 Å². The van der Waals surface area contributed by atoms with Crippen LogP contribution in [0.25, 0.3) is 11.1 Å². The van der Waals surface area contributed by atoms with Crippen molar-refractivity contribution in [2.24, 2.45) is 0 Å². The van der Waals surface area contributed by atoms with Crippen LogP contribution in [0.1, 0.15) is 36.1 Å². The van der Waals surface area contributed by atoms with Crippen molar-refractivity contribution in [1.82, 2.24) is 14.8 Å². The number of aromatic nitrogens is 3. The summed E-state index contributed by atoms with van der Waals surface area (Å²) in [7, 11) is 2.87. The molecule has 0 bridgehead atoms. The fraction of sp³-hybridized carbons (Fsp3) is 0.259. The van der Waals surface area contributed by atoms with Gasteiger partial charge in [-0.3, -0.25) is 4.79 Å². The first kappa shape index (κ1) is 28.1. The highest BCUT2D eigenvalue weighted by Crippen LogP contribution is 2.36. The first-order chi connectivity index (χ1) is 18.8. The number of esters is 1. The van der Waals surface area contributed by atoms with Gasteiger partial charge in [-0.25, -0.2) is 9.18 Å². The molecule has 0 aliphatic rings. The van der Waals surface area contributed by atoms with Crippen molar-refractivity contribution < 1.29 is 28.2 Å². The summed E-state index contributed by atoms with van der Waals surface area (Å²) in [6.07, 6.45) is -0.382. The second-order valence-electron chi connectivity index (χ2n) is 8.21. The average molecular weight is 571 g/mol. The molecule has 0 saturated carbocycles. The zero-order valence-corrected chi connectivity index (χ0v) is 23.4. The summed E-state index contributed by atoms with van der Waals surface area (Å²) in [4.78, 5) is 25.4. The van der Waals surface area contributed by atoms with Crippen molar-refractivity contribution in [3.05, 3.63) is 71.1 Å². The summed E-state index contributed by atoms with van der Waals surface area (Å²) in [6, 6.07) is 13.0. The van der Waals surface area contributed by atoms with Crippen LogP contribution in [0, 0.1) is 5.82 Å². The third-order valence-corrected chi connectivity index (χ3v) is 7.58. The number of rotatable bonds is 11. The average Bonchev–Trinajstić information content (AvgIpc) is 3.56. The van der Waals surface area contributed by atoms with E-state index in [-0.39, 0.29) is 29.1 Å². The molecule has 0 spiro atoms. The lowest BCUT2D eigenvalue weighted by Gasteiger charge is -2.15. The van der Waals surface area contributed by atoms with Gasteiger partial charge in [-0.2, -0.15) is 0 Å². The molecule has 4 rings (SSSR count). The molecular weight excluding hydrogens is 543 g/mol. The van der Waals surface area contributed by atoms with Crippen LogP contribution in [0.5, 0.6) is 11.5 Å². The number of amides is 1. The number of hydrogen-bond acceptors (Lipinski definition) is 9. The van der Waals surface area contributed by atoms with Gasteiger partial charge in [0.2, 0.25) is 5.91 Å². The lowest BCUT2D eigenvalue weighted by Crippen LogP contribution is -2.17. The Morgan fingerprint density at radius 1 is 1.08 bits per heavy atom. The van der Waals surface area contributed by atoms with Gasteiger partial charge in [-0.1, -0.05) is 23.9 Å². The van der Waals surface area contributed by atoms with Gasteiger partial charge in [0.15, 0.2) is 17.1 Å². The Kier molecular flexibility index (Phi) is 9.20. The van der Waals surface area contributed by atoms with E-state index < -0.39 is 5.97 Å². The maximum absolute atomic E-state index is 13.4. The highest BCUT2D eigenvalue weighted by molar-refractivity contribution is 7.99. The number of carbonyl (C=O) groups excluding carboxylic acids is 2. The second-order valence-corrected chi connectivity index (χ2v) is 10.0. The summed E-state index contributed by atoms with van der Waals surface area (Å²) in [6.45, 7) is 4.43. The van der Waals surface area contributed by atoms with Gasteiger partial charge < -0.3 is 24.1 Å². The maximum atomic E-state index is 13.4. The van der Waals surface area contributed by atoms with E-state index in [9.17, 15) is 14.0 Å². The van der Waals surface area contributed by atoms with Gasteiger partial charge in [0, 0.05) is 17.5 Å². The molecule has 204 valence electrons. The Hall–Kier alpha value is -3.90. The molecule has 39 heavy (non-hydrogen) atoms. The molecule has 0 aliphatic heterocycles. The van der Waals surface area contributed by atoms with Crippen molar-refractivity contribution in [3.63, 3.8) is 0 Å². The topological polar surface area (TPSA) is 105 Å². The Labute approximate surface area is 233 Å². The van der Waals surface area contributed by atoms with E-state index in [1.165, 1.54) is 42.3 Å². The van der Waals surface area contributed by atoms with E-state index in [1.54, 1.807) is 24.6 Å². The number of carbonyl (C=O) groups is 2. The second kappa shape index (κ2) is 12.8. The minimum Gasteiger partial charge on any atom is -0.497 e. The molecule has 0 fully saturated rings. The van der Waals surface area contributed by atoms with Gasteiger partial charge >= 0.3 is 5.97 Å². The van der Waals surface area contributed by atoms with Gasteiger partial charge in [-0.05, 0) is 55.8 Å². The Bertz CT molecular complexity index is 1440. The summed E-state index contributed by atoms with van der Waals surface area (Å²) in [5.41, 5.74) is 1.41. The molecule has 2 heterocycles. The summed E-state index contributed by atoms with van der Waals surface area (Å²) < 4.78 is 31.4. The van der Waals surface area contributed by atoms with Gasteiger partial charge in [0.05, 0.1) is 20.0 Å². The Morgan fingerprint density at radius 3 is 2.41 bits per heavy atom. The number of methoxy groups -OCH3 is 2. The Morgan fingerprint density at radius 2 is 1.77 bits per heavy atom. The fourth-order valence-electron chi connectivity index (χ4n) is 3.81. The van der Waals surface area contributed by atoms with Crippen molar-refractivity contribution in [1.29, 1.82) is 0 Å². The number of hydrogen-bond donors (Lipinski definition) is 1. The number of benzene rings is 2. The molecular formula is C27H27FN4O5S2. The van der Waals surface area contributed by atoms with Crippen LogP contribution in [0.3, 0.4) is 0 Å². The summed E-state index contributed by atoms with van der Waals surface area (Å²) in [5.74, 6) is 0.759. The quantitative estimate of drug-likeness (QED) is 0.177. The minimum absolute atomic E-state index is 0.0379. The predicted octanol–water partition coefficient (Wildman–Crippen LogP) is 5.83. The van der Waals surface area contributed by atoms with Crippen LogP contribution in [0.15, 0.2) is 59.1 Å². The summed E-state index contributed by atoms with van der Waals surface area (Å²) >= 11 is 2.42. The molecule has 1 N–H and O–H groups in total. The molecule has 0 aliphatic carbocycles. The first-order valence-electron chi connectivity index (χ1n) is 12.0. The van der Waals surface area contributed by atoms with Crippen LogP contribution in [-0.2, 0) is 16.1 Å². The number of ether oxygens (including phenoxy) is 3. The molecule has 2 aromatic carbocycles. The number of nitrogens with one attached hydrogen (secondary N) is 1. The highest BCUT2D eigenvalue weighted by atomic mass is 32.2. The van der Waals surface area contributed by atoms with E-state index in [1.807, 2.05) is 42.7 Å². The molecule has 4 aromatic rings. The zero-order chi connectivity index (χ0) is 27.9. The molecule has 0 saturated heterocycles. The molecule has 1 atom stereocenters. The molecule has 1 unspecified atom stereocenters. The lowest BCUT2D eigenvalue weighted by atomic mass is 10.0. The van der Waals surface area contributed by atoms with Gasteiger partial charge in [-0.15, -0.1) is 21.5 Å². The molecule has 0 radical (unpaired) electrons. The number of thioether (sulfide) groups is 1. The Balaban J connectivity index is 1.44. The number of halogens is 1. The van der Waals surface area contributed by atoms with Crippen molar-refractivity contribution in [2.45, 2.75) is 31.7 Å². The van der Waals surface area contributed by atoms with Crippen molar-refractivity contribution in [3.8, 4) is 22.6 Å². The van der Waals surface area contributed by atoms with E-state index >= 15 is 0 Å². The largest absolute Gasteiger partial charge is 0.497 e. The van der Waals surface area contributed by atoms with Crippen LogP contribution < -0.4 is 14.8 Å².